The lowest BCUT2D eigenvalue weighted by Gasteiger charge is -2.11. The van der Waals surface area contributed by atoms with Crippen molar-refractivity contribution in [2.75, 3.05) is 6.54 Å². The zero-order chi connectivity index (χ0) is 16.8. The largest absolute Gasteiger partial charge is 0.489 e. The predicted molar refractivity (Wildman–Crippen MR) is 91.5 cm³/mol. The van der Waals surface area contributed by atoms with Gasteiger partial charge in [0.05, 0.1) is 12.1 Å². The van der Waals surface area contributed by atoms with E-state index in [0.29, 0.717) is 26.1 Å². The zero-order valence-electron chi connectivity index (χ0n) is 13.4. The van der Waals surface area contributed by atoms with Gasteiger partial charge >= 0.3 is 0 Å². The van der Waals surface area contributed by atoms with Gasteiger partial charge in [0, 0.05) is 13.1 Å². The third-order valence-electron chi connectivity index (χ3n) is 4.06. The standard InChI is InChI=1S/C19H22N2O3/c22-16-10-18(20-12-16)19(23)21-11-14-6-8-17(9-7-14)24-13-15-4-2-1-3-5-15/h1-9,16,18,20,22H,10-13H2,(H,21,23). The number of β-amino-alcohol motifs (C(OH)–C–C–N with tert-alkyl or cyclic N) is 1. The third kappa shape index (κ3) is 4.57. The normalized spacial score (nSPS) is 19.9. The van der Waals surface area contributed by atoms with Crippen molar-refractivity contribution in [3.8, 4) is 5.75 Å². The van der Waals surface area contributed by atoms with E-state index in [1.54, 1.807) is 0 Å². The highest BCUT2D eigenvalue weighted by atomic mass is 16.5. The third-order valence-corrected chi connectivity index (χ3v) is 4.06. The molecule has 1 aliphatic rings. The summed E-state index contributed by atoms with van der Waals surface area (Å²) in [7, 11) is 0. The van der Waals surface area contributed by atoms with Gasteiger partial charge in [0.25, 0.3) is 0 Å². The molecule has 0 aromatic heterocycles. The molecule has 5 nitrogen and oxygen atoms in total. The Balaban J connectivity index is 1.45. The van der Waals surface area contributed by atoms with E-state index in [-0.39, 0.29) is 11.9 Å². The molecule has 1 amide bonds. The Labute approximate surface area is 141 Å². The molecule has 24 heavy (non-hydrogen) atoms. The molecule has 126 valence electrons. The van der Waals surface area contributed by atoms with Crippen molar-refractivity contribution < 1.29 is 14.6 Å². The zero-order valence-corrected chi connectivity index (χ0v) is 13.4. The van der Waals surface area contributed by atoms with Gasteiger partial charge in [0.15, 0.2) is 0 Å². The number of rotatable bonds is 6. The molecule has 2 unspecified atom stereocenters. The molecule has 0 bridgehead atoms. The fraction of sp³-hybridized carbons (Fsp3) is 0.316. The SMILES string of the molecule is O=C(NCc1ccc(OCc2ccccc2)cc1)C1CC(O)CN1. The van der Waals surface area contributed by atoms with E-state index in [4.69, 9.17) is 4.74 Å². The van der Waals surface area contributed by atoms with E-state index in [1.807, 2.05) is 54.6 Å². The van der Waals surface area contributed by atoms with Crippen LogP contribution in [0.5, 0.6) is 5.75 Å². The van der Waals surface area contributed by atoms with Crippen LogP contribution in [0.25, 0.3) is 0 Å². The summed E-state index contributed by atoms with van der Waals surface area (Å²) < 4.78 is 5.74. The first-order chi connectivity index (χ1) is 11.7. The van der Waals surface area contributed by atoms with E-state index in [9.17, 15) is 9.90 Å². The summed E-state index contributed by atoms with van der Waals surface area (Å²) in [6.45, 7) is 1.48. The van der Waals surface area contributed by atoms with Gasteiger partial charge in [-0.3, -0.25) is 4.79 Å². The number of aliphatic hydroxyl groups is 1. The van der Waals surface area contributed by atoms with Gasteiger partial charge in [-0.15, -0.1) is 0 Å². The van der Waals surface area contributed by atoms with Gasteiger partial charge < -0.3 is 20.5 Å². The van der Waals surface area contributed by atoms with Crippen LogP contribution in [0.3, 0.4) is 0 Å². The monoisotopic (exact) mass is 326 g/mol. The van der Waals surface area contributed by atoms with Crippen molar-refractivity contribution in [3.63, 3.8) is 0 Å². The highest BCUT2D eigenvalue weighted by molar-refractivity contribution is 5.82. The maximum atomic E-state index is 12.0. The number of carbonyl (C=O) groups is 1. The lowest BCUT2D eigenvalue weighted by Crippen LogP contribution is -2.39. The summed E-state index contributed by atoms with van der Waals surface area (Å²) in [6, 6.07) is 17.4. The van der Waals surface area contributed by atoms with Crippen LogP contribution < -0.4 is 15.4 Å². The van der Waals surface area contributed by atoms with Crippen LogP contribution >= 0.6 is 0 Å². The first kappa shape index (κ1) is 16.5. The summed E-state index contributed by atoms with van der Waals surface area (Å²) in [6.07, 6.45) is 0.0414. The molecule has 3 rings (SSSR count). The fourth-order valence-corrected chi connectivity index (χ4v) is 2.67. The van der Waals surface area contributed by atoms with Crippen LogP contribution in [0.1, 0.15) is 17.5 Å². The molecule has 5 heteroatoms. The van der Waals surface area contributed by atoms with E-state index in [1.165, 1.54) is 0 Å². The quantitative estimate of drug-likeness (QED) is 0.754. The van der Waals surface area contributed by atoms with Gasteiger partial charge in [-0.25, -0.2) is 0 Å². The number of amides is 1. The smallest absolute Gasteiger partial charge is 0.237 e. The summed E-state index contributed by atoms with van der Waals surface area (Å²) >= 11 is 0. The topological polar surface area (TPSA) is 70.6 Å². The van der Waals surface area contributed by atoms with E-state index >= 15 is 0 Å². The van der Waals surface area contributed by atoms with Crippen molar-refractivity contribution >= 4 is 5.91 Å². The summed E-state index contributed by atoms with van der Waals surface area (Å²) in [5, 5.41) is 15.3. The molecule has 2 atom stereocenters. The average molecular weight is 326 g/mol. The number of nitrogens with one attached hydrogen (secondary N) is 2. The maximum absolute atomic E-state index is 12.0. The van der Waals surface area contributed by atoms with Crippen molar-refractivity contribution in [2.45, 2.75) is 31.7 Å². The van der Waals surface area contributed by atoms with E-state index < -0.39 is 6.10 Å². The molecule has 0 radical (unpaired) electrons. The molecule has 0 spiro atoms. The van der Waals surface area contributed by atoms with Crippen molar-refractivity contribution in [3.05, 3.63) is 65.7 Å². The van der Waals surface area contributed by atoms with Crippen molar-refractivity contribution in [2.24, 2.45) is 0 Å². The maximum Gasteiger partial charge on any atom is 0.237 e. The molecule has 0 saturated carbocycles. The minimum absolute atomic E-state index is 0.0732. The molecule has 1 aliphatic heterocycles. The predicted octanol–water partition coefficient (Wildman–Crippen LogP) is 1.60. The Morgan fingerprint density at radius 2 is 1.88 bits per heavy atom. The van der Waals surface area contributed by atoms with E-state index in [2.05, 4.69) is 10.6 Å². The molecule has 1 saturated heterocycles. The van der Waals surface area contributed by atoms with Crippen LogP contribution in [-0.4, -0.2) is 29.7 Å². The number of hydrogen-bond donors (Lipinski definition) is 3. The fourth-order valence-electron chi connectivity index (χ4n) is 2.67. The summed E-state index contributed by atoms with van der Waals surface area (Å²) in [5.41, 5.74) is 2.13. The Hall–Kier alpha value is -2.37. The van der Waals surface area contributed by atoms with Crippen LogP contribution in [-0.2, 0) is 17.9 Å². The summed E-state index contributed by atoms with van der Waals surface area (Å²) in [4.78, 5) is 12.0. The van der Waals surface area contributed by atoms with Crippen molar-refractivity contribution in [1.82, 2.24) is 10.6 Å². The second-order valence-electron chi connectivity index (χ2n) is 5.99. The molecule has 0 aliphatic carbocycles. The number of carbonyl (C=O) groups excluding carboxylic acids is 1. The van der Waals surface area contributed by atoms with Crippen LogP contribution in [0.4, 0.5) is 0 Å². The first-order valence-electron chi connectivity index (χ1n) is 8.15. The first-order valence-corrected chi connectivity index (χ1v) is 8.15. The number of hydrogen-bond acceptors (Lipinski definition) is 4. The van der Waals surface area contributed by atoms with Gasteiger partial charge in [-0.2, -0.15) is 0 Å². The van der Waals surface area contributed by atoms with Gasteiger partial charge in [-0.05, 0) is 29.7 Å². The molecule has 2 aromatic carbocycles. The molecule has 1 fully saturated rings. The minimum Gasteiger partial charge on any atom is -0.489 e. The molecule has 2 aromatic rings. The number of ether oxygens (including phenoxy) is 1. The van der Waals surface area contributed by atoms with Crippen LogP contribution in [0.2, 0.25) is 0 Å². The van der Waals surface area contributed by atoms with Gasteiger partial charge in [0.2, 0.25) is 5.91 Å². The van der Waals surface area contributed by atoms with Crippen LogP contribution in [0, 0.1) is 0 Å². The highest BCUT2D eigenvalue weighted by Gasteiger charge is 2.27. The lowest BCUT2D eigenvalue weighted by atomic mass is 10.1. The average Bonchev–Trinajstić information content (AvgIpc) is 3.06. The lowest BCUT2D eigenvalue weighted by molar-refractivity contribution is -0.123. The molecular formula is C19H22N2O3. The van der Waals surface area contributed by atoms with Crippen LogP contribution in [0.15, 0.2) is 54.6 Å². The second-order valence-corrected chi connectivity index (χ2v) is 5.99. The summed E-state index contributed by atoms with van der Waals surface area (Å²) in [5.74, 6) is 0.727. The Morgan fingerprint density at radius 3 is 2.54 bits per heavy atom. The number of aliphatic hydroxyl groups excluding tert-OH is 1. The van der Waals surface area contributed by atoms with Gasteiger partial charge in [-0.1, -0.05) is 42.5 Å². The Kier molecular flexibility index (Phi) is 5.46. The Bertz CT molecular complexity index is 658. The Morgan fingerprint density at radius 1 is 1.12 bits per heavy atom. The van der Waals surface area contributed by atoms with E-state index in [0.717, 1.165) is 16.9 Å². The van der Waals surface area contributed by atoms with Gasteiger partial charge in [0.1, 0.15) is 12.4 Å². The second kappa shape index (κ2) is 7.95. The number of benzene rings is 2. The molecular weight excluding hydrogens is 304 g/mol. The minimum atomic E-state index is -0.429. The molecule has 1 heterocycles. The molecule has 3 N–H and O–H groups in total. The van der Waals surface area contributed by atoms with Crippen molar-refractivity contribution in [1.29, 1.82) is 0 Å². The highest BCUT2D eigenvalue weighted by Crippen LogP contribution is 2.14.